The summed E-state index contributed by atoms with van der Waals surface area (Å²) < 4.78 is 0. The summed E-state index contributed by atoms with van der Waals surface area (Å²) in [5.74, 6) is -0.0534. The molecule has 0 atom stereocenters. The summed E-state index contributed by atoms with van der Waals surface area (Å²) in [6, 6.07) is 7.53. The van der Waals surface area contributed by atoms with Crippen molar-refractivity contribution < 1.29 is 4.79 Å². The van der Waals surface area contributed by atoms with E-state index in [4.69, 9.17) is 0 Å². The Morgan fingerprint density at radius 3 is 2.65 bits per heavy atom. The summed E-state index contributed by atoms with van der Waals surface area (Å²) >= 11 is 0. The number of benzene rings is 1. The minimum atomic E-state index is -0.306. The fraction of sp³-hybridized carbons (Fsp3) is 0.231. The number of aromatic nitrogens is 2. The van der Waals surface area contributed by atoms with Crippen LogP contribution in [-0.4, -0.2) is 35.0 Å². The van der Waals surface area contributed by atoms with Crippen molar-refractivity contribution in [3.63, 3.8) is 0 Å². The topological polar surface area (TPSA) is 85.7 Å². The Kier molecular flexibility index (Phi) is 4.09. The zero-order valence-corrected chi connectivity index (χ0v) is 11.6. The van der Waals surface area contributed by atoms with Gasteiger partial charge in [-0.2, -0.15) is 0 Å². The lowest BCUT2D eigenvalue weighted by atomic mass is 10.2. The van der Waals surface area contributed by atoms with Gasteiger partial charge in [-0.3, -0.25) is 9.80 Å². The van der Waals surface area contributed by atoms with E-state index in [1.165, 1.54) is 11.3 Å². The molecule has 0 spiro atoms. The molecule has 0 fully saturated rings. The van der Waals surface area contributed by atoms with Crippen LogP contribution in [0.3, 0.4) is 0 Å². The Hall–Kier alpha value is -2.70. The van der Waals surface area contributed by atoms with Crippen LogP contribution in [0.15, 0.2) is 40.9 Å². The summed E-state index contributed by atoms with van der Waals surface area (Å²) in [7, 11) is 3.48. The standard InChI is InChI=1S/C13H16N6O/c1-9-4-6-10(7-5-9)16-13(20)11-12(15-8-14-11)17-18-19(2)3/h4-8H,1-3H3,(H,14,15)(H,16,20). The number of nitrogens with zero attached hydrogens (tertiary/aromatic N) is 4. The van der Waals surface area contributed by atoms with Gasteiger partial charge in [-0.05, 0) is 19.1 Å². The molecular formula is C13H16N6O. The molecule has 0 aliphatic rings. The third-order valence-corrected chi connectivity index (χ3v) is 2.47. The molecule has 1 aromatic heterocycles. The third kappa shape index (κ3) is 3.41. The minimum absolute atomic E-state index is 0.253. The molecule has 2 N–H and O–H groups in total. The SMILES string of the molecule is Cc1ccc(NC(=O)c2[nH]cnc2N=NN(C)C)cc1. The molecule has 0 radical (unpaired) electrons. The van der Waals surface area contributed by atoms with Gasteiger partial charge in [0.25, 0.3) is 5.91 Å². The van der Waals surface area contributed by atoms with Crippen molar-refractivity contribution in [3.05, 3.63) is 41.9 Å². The number of aromatic amines is 1. The predicted octanol–water partition coefficient (Wildman–Crippen LogP) is 2.53. The molecule has 2 rings (SSSR count). The highest BCUT2D eigenvalue weighted by molar-refractivity contribution is 6.05. The van der Waals surface area contributed by atoms with E-state index in [0.29, 0.717) is 5.69 Å². The lowest BCUT2D eigenvalue weighted by molar-refractivity contribution is 0.102. The normalized spacial score (nSPS) is 10.8. The zero-order chi connectivity index (χ0) is 14.5. The van der Waals surface area contributed by atoms with Crippen LogP contribution < -0.4 is 5.32 Å². The number of rotatable bonds is 4. The van der Waals surface area contributed by atoms with Gasteiger partial charge in [0.05, 0.1) is 6.33 Å². The zero-order valence-electron chi connectivity index (χ0n) is 11.6. The smallest absolute Gasteiger partial charge is 0.276 e. The van der Waals surface area contributed by atoms with Gasteiger partial charge in [-0.15, -0.1) is 5.11 Å². The Morgan fingerprint density at radius 1 is 1.30 bits per heavy atom. The monoisotopic (exact) mass is 272 g/mol. The Labute approximate surface area is 116 Å². The summed E-state index contributed by atoms with van der Waals surface area (Å²) in [5.41, 5.74) is 2.12. The average Bonchev–Trinajstić information content (AvgIpc) is 2.87. The molecule has 1 aromatic carbocycles. The van der Waals surface area contributed by atoms with Crippen LogP contribution in [0, 0.1) is 6.92 Å². The first kappa shape index (κ1) is 13.7. The molecule has 0 saturated heterocycles. The van der Waals surface area contributed by atoms with E-state index in [2.05, 4.69) is 25.6 Å². The van der Waals surface area contributed by atoms with Crippen molar-refractivity contribution in [2.24, 2.45) is 10.3 Å². The molecule has 20 heavy (non-hydrogen) atoms. The first-order chi connectivity index (χ1) is 9.56. The predicted molar refractivity (Wildman–Crippen MR) is 75.9 cm³/mol. The highest BCUT2D eigenvalue weighted by Crippen LogP contribution is 2.17. The molecule has 0 unspecified atom stereocenters. The maximum atomic E-state index is 12.1. The molecule has 0 aliphatic heterocycles. The molecule has 0 bridgehead atoms. The first-order valence-corrected chi connectivity index (χ1v) is 6.06. The quantitative estimate of drug-likeness (QED) is 0.662. The first-order valence-electron chi connectivity index (χ1n) is 6.06. The van der Waals surface area contributed by atoms with Crippen LogP contribution in [0.4, 0.5) is 11.5 Å². The number of imidazole rings is 1. The molecule has 7 nitrogen and oxygen atoms in total. The number of hydrogen-bond donors (Lipinski definition) is 2. The molecule has 1 heterocycles. The summed E-state index contributed by atoms with van der Waals surface area (Å²) in [6.07, 6.45) is 1.41. The van der Waals surface area contributed by atoms with Gasteiger partial charge >= 0.3 is 0 Å². The second kappa shape index (κ2) is 5.96. The lowest BCUT2D eigenvalue weighted by Gasteiger charge is -2.04. The number of H-pyrrole nitrogens is 1. The van der Waals surface area contributed by atoms with Gasteiger partial charge in [-0.1, -0.05) is 22.9 Å². The molecule has 1 amide bonds. The van der Waals surface area contributed by atoms with Crippen molar-refractivity contribution >= 4 is 17.4 Å². The van der Waals surface area contributed by atoms with E-state index in [9.17, 15) is 4.79 Å². The fourth-order valence-corrected chi connectivity index (χ4v) is 1.49. The van der Waals surface area contributed by atoms with Crippen LogP contribution in [0.1, 0.15) is 16.1 Å². The number of carbonyl (C=O) groups is 1. The van der Waals surface area contributed by atoms with E-state index >= 15 is 0 Å². The maximum absolute atomic E-state index is 12.1. The highest BCUT2D eigenvalue weighted by atomic mass is 16.1. The van der Waals surface area contributed by atoms with Crippen molar-refractivity contribution in [3.8, 4) is 0 Å². The van der Waals surface area contributed by atoms with Crippen molar-refractivity contribution in [1.82, 2.24) is 15.0 Å². The maximum Gasteiger partial charge on any atom is 0.276 e. The molecule has 7 heteroatoms. The number of aryl methyl sites for hydroxylation is 1. The Morgan fingerprint density at radius 2 is 2.00 bits per heavy atom. The van der Waals surface area contributed by atoms with Gasteiger partial charge in [0.15, 0.2) is 5.69 Å². The van der Waals surface area contributed by atoms with Crippen molar-refractivity contribution in [2.45, 2.75) is 6.92 Å². The number of hydrogen-bond acceptors (Lipinski definition) is 4. The van der Waals surface area contributed by atoms with Gasteiger partial charge < -0.3 is 10.3 Å². The van der Waals surface area contributed by atoms with E-state index in [-0.39, 0.29) is 17.4 Å². The number of nitrogens with one attached hydrogen (secondary N) is 2. The highest BCUT2D eigenvalue weighted by Gasteiger charge is 2.14. The van der Waals surface area contributed by atoms with Crippen LogP contribution in [0.5, 0.6) is 0 Å². The average molecular weight is 272 g/mol. The minimum Gasteiger partial charge on any atom is -0.339 e. The number of carbonyl (C=O) groups excluding carboxylic acids is 1. The molecular weight excluding hydrogens is 256 g/mol. The van der Waals surface area contributed by atoms with E-state index in [0.717, 1.165) is 5.56 Å². The van der Waals surface area contributed by atoms with E-state index < -0.39 is 0 Å². The molecule has 0 aliphatic carbocycles. The Bertz CT molecular complexity index is 614. The van der Waals surface area contributed by atoms with Crippen molar-refractivity contribution in [1.29, 1.82) is 0 Å². The van der Waals surface area contributed by atoms with Gasteiger partial charge in [0, 0.05) is 19.8 Å². The molecule has 0 saturated carbocycles. The van der Waals surface area contributed by atoms with Crippen LogP contribution in [-0.2, 0) is 0 Å². The van der Waals surface area contributed by atoms with E-state index in [1.807, 2.05) is 31.2 Å². The van der Waals surface area contributed by atoms with Crippen molar-refractivity contribution in [2.75, 3.05) is 19.4 Å². The molecule has 2 aromatic rings. The molecule has 104 valence electrons. The number of amides is 1. The van der Waals surface area contributed by atoms with E-state index in [1.54, 1.807) is 14.1 Å². The fourth-order valence-electron chi connectivity index (χ4n) is 1.49. The Balaban J connectivity index is 2.13. The largest absolute Gasteiger partial charge is 0.339 e. The van der Waals surface area contributed by atoms with Gasteiger partial charge in [-0.25, -0.2) is 4.98 Å². The summed E-state index contributed by atoms with van der Waals surface area (Å²) in [4.78, 5) is 18.9. The number of anilines is 1. The summed E-state index contributed by atoms with van der Waals surface area (Å²) in [6.45, 7) is 1.99. The van der Waals surface area contributed by atoms with Gasteiger partial charge in [0.1, 0.15) is 0 Å². The third-order valence-electron chi connectivity index (χ3n) is 2.47. The van der Waals surface area contributed by atoms with Crippen LogP contribution in [0.2, 0.25) is 0 Å². The van der Waals surface area contributed by atoms with Gasteiger partial charge in [0.2, 0.25) is 5.82 Å². The lowest BCUT2D eigenvalue weighted by Crippen LogP contribution is -2.12. The van der Waals surface area contributed by atoms with Crippen LogP contribution >= 0.6 is 0 Å². The summed E-state index contributed by atoms with van der Waals surface area (Å²) in [5, 5.41) is 12.0. The van der Waals surface area contributed by atoms with Crippen LogP contribution in [0.25, 0.3) is 0 Å². The second-order valence-electron chi connectivity index (χ2n) is 4.46. The second-order valence-corrected chi connectivity index (χ2v) is 4.46.